The first-order valence-corrected chi connectivity index (χ1v) is 8.08. The van der Waals surface area contributed by atoms with Crippen molar-refractivity contribution in [1.82, 2.24) is 5.32 Å². The van der Waals surface area contributed by atoms with Gasteiger partial charge >= 0.3 is 5.97 Å². The van der Waals surface area contributed by atoms with Gasteiger partial charge in [-0.1, -0.05) is 30.3 Å². The van der Waals surface area contributed by atoms with Gasteiger partial charge in [-0.3, -0.25) is 9.59 Å². The molecule has 1 N–H and O–H groups in total. The molecule has 2 fully saturated rings. The number of carbonyl (C=O) groups is 2. The average molecular weight is 317 g/mol. The van der Waals surface area contributed by atoms with Gasteiger partial charge in [-0.2, -0.15) is 0 Å². The lowest BCUT2D eigenvalue weighted by Crippen LogP contribution is -2.52. The van der Waals surface area contributed by atoms with Crippen LogP contribution in [0, 0.1) is 5.92 Å². The molecule has 124 valence electrons. The second-order valence-electron chi connectivity index (χ2n) is 7.03. The maximum atomic E-state index is 12.7. The van der Waals surface area contributed by atoms with Crippen molar-refractivity contribution in [2.24, 2.45) is 5.92 Å². The molecule has 0 aromatic heterocycles. The number of hydrogen-bond acceptors (Lipinski definition) is 4. The number of amides is 1. The summed E-state index contributed by atoms with van der Waals surface area (Å²) in [6, 6.07) is 9.74. The maximum Gasteiger partial charge on any atom is 0.307 e. The van der Waals surface area contributed by atoms with Gasteiger partial charge in [0.2, 0.25) is 5.91 Å². The van der Waals surface area contributed by atoms with Crippen molar-refractivity contribution < 1.29 is 19.1 Å². The molecule has 1 spiro atoms. The van der Waals surface area contributed by atoms with Gasteiger partial charge in [0.05, 0.1) is 24.5 Å². The Labute approximate surface area is 136 Å². The predicted molar refractivity (Wildman–Crippen MR) is 84.5 cm³/mol. The Balaban J connectivity index is 1.71. The number of benzene rings is 1. The topological polar surface area (TPSA) is 64.6 Å². The number of carbonyl (C=O) groups excluding carboxylic acids is 2. The summed E-state index contributed by atoms with van der Waals surface area (Å²) < 4.78 is 11.4. The van der Waals surface area contributed by atoms with Gasteiger partial charge in [-0.25, -0.2) is 0 Å². The summed E-state index contributed by atoms with van der Waals surface area (Å²) in [7, 11) is 0. The molecular weight excluding hydrogens is 294 g/mol. The van der Waals surface area contributed by atoms with E-state index in [4.69, 9.17) is 9.47 Å². The van der Waals surface area contributed by atoms with Crippen molar-refractivity contribution in [2.45, 2.75) is 50.9 Å². The molecule has 2 aliphatic rings. The van der Waals surface area contributed by atoms with E-state index in [-0.39, 0.29) is 23.9 Å². The molecule has 1 aromatic rings. The van der Waals surface area contributed by atoms with Crippen molar-refractivity contribution in [3.8, 4) is 0 Å². The van der Waals surface area contributed by atoms with Crippen molar-refractivity contribution >= 4 is 11.9 Å². The zero-order valence-electron chi connectivity index (χ0n) is 13.6. The Bertz CT molecular complexity index is 598. The normalized spacial score (nSPS) is 29.3. The lowest BCUT2D eigenvalue weighted by molar-refractivity contribution is -0.179. The molecule has 0 bridgehead atoms. The van der Waals surface area contributed by atoms with E-state index in [1.807, 2.05) is 44.2 Å². The fraction of sp³-hybridized carbons (Fsp3) is 0.556. The number of ether oxygens (including phenoxy) is 2. The van der Waals surface area contributed by atoms with Crippen LogP contribution < -0.4 is 5.32 Å². The molecule has 2 saturated heterocycles. The maximum absolute atomic E-state index is 12.7. The largest absolute Gasteiger partial charge is 0.458 e. The van der Waals surface area contributed by atoms with Gasteiger partial charge in [0.15, 0.2) is 0 Å². The second kappa shape index (κ2) is 5.96. The monoisotopic (exact) mass is 317 g/mol. The highest BCUT2D eigenvalue weighted by molar-refractivity contribution is 5.87. The highest BCUT2D eigenvalue weighted by atomic mass is 16.6. The van der Waals surface area contributed by atoms with Crippen LogP contribution in [-0.4, -0.2) is 29.7 Å². The summed E-state index contributed by atoms with van der Waals surface area (Å²) in [5.41, 5.74) is -0.0760. The molecule has 3 rings (SSSR count). The summed E-state index contributed by atoms with van der Waals surface area (Å²) in [6.45, 7) is 4.90. The van der Waals surface area contributed by atoms with Crippen LogP contribution in [0.5, 0.6) is 0 Å². The molecule has 5 nitrogen and oxygen atoms in total. The van der Waals surface area contributed by atoms with Gasteiger partial charge in [-0.05, 0) is 19.4 Å². The van der Waals surface area contributed by atoms with Crippen LogP contribution in [-0.2, 0) is 25.6 Å². The summed E-state index contributed by atoms with van der Waals surface area (Å²) >= 11 is 0. The third kappa shape index (κ3) is 3.39. The number of esters is 1. The molecule has 0 saturated carbocycles. The van der Waals surface area contributed by atoms with Gasteiger partial charge in [-0.15, -0.1) is 0 Å². The smallest absolute Gasteiger partial charge is 0.307 e. The van der Waals surface area contributed by atoms with Gasteiger partial charge in [0.25, 0.3) is 0 Å². The van der Waals surface area contributed by atoms with Crippen molar-refractivity contribution in [2.75, 3.05) is 6.61 Å². The van der Waals surface area contributed by atoms with Crippen LogP contribution in [0.3, 0.4) is 0 Å². The van der Waals surface area contributed by atoms with Crippen LogP contribution in [0.4, 0.5) is 0 Å². The van der Waals surface area contributed by atoms with E-state index in [0.717, 1.165) is 5.56 Å². The SMILES string of the molecule is CC1(C)C[C@@]2(CCO1)OC(=O)C[C@H]2C(=O)NCc1ccccc1. The van der Waals surface area contributed by atoms with E-state index in [0.29, 0.717) is 26.0 Å². The minimum atomic E-state index is -0.723. The molecule has 5 heteroatoms. The first kappa shape index (κ1) is 16.0. The molecule has 1 aromatic carbocycles. The molecule has 2 heterocycles. The highest BCUT2D eigenvalue weighted by Gasteiger charge is 2.56. The molecule has 0 radical (unpaired) electrons. The Morgan fingerprint density at radius 1 is 1.30 bits per heavy atom. The third-order valence-electron chi connectivity index (χ3n) is 4.69. The Kier molecular flexibility index (Phi) is 4.15. The molecule has 0 aliphatic carbocycles. The van der Waals surface area contributed by atoms with Crippen LogP contribution in [0.2, 0.25) is 0 Å². The third-order valence-corrected chi connectivity index (χ3v) is 4.69. The molecule has 23 heavy (non-hydrogen) atoms. The van der Waals surface area contributed by atoms with Crippen LogP contribution in [0.15, 0.2) is 30.3 Å². The number of rotatable bonds is 3. The highest BCUT2D eigenvalue weighted by Crippen LogP contribution is 2.45. The van der Waals surface area contributed by atoms with Crippen molar-refractivity contribution in [1.29, 1.82) is 0 Å². The molecule has 2 atom stereocenters. The predicted octanol–water partition coefficient (Wildman–Crippen LogP) is 2.19. The second-order valence-corrected chi connectivity index (χ2v) is 7.03. The summed E-state index contributed by atoms with van der Waals surface area (Å²) in [5.74, 6) is -0.846. The van der Waals surface area contributed by atoms with Crippen LogP contribution in [0.25, 0.3) is 0 Å². The minimum Gasteiger partial charge on any atom is -0.458 e. The van der Waals surface area contributed by atoms with E-state index in [1.165, 1.54) is 0 Å². The zero-order valence-corrected chi connectivity index (χ0v) is 13.6. The van der Waals surface area contributed by atoms with Crippen molar-refractivity contribution in [3.05, 3.63) is 35.9 Å². The quantitative estimate of drug-likeness (QED) is 0.868. The van der Waals surface area contributed by atoms with E-state index in [2.05, 4.69) is 5.32 Å². The zero-order chi connectivity index (χ0) is 16.5. The Morgan fingerprint density at radius 2 is 2.04 bits per heavy atom. The Hall–Kier alpha value is -1.88. The van der Waals surface area contributed by atoms with E-state index in [1.54, 1.807) is 0 Å². The van der Waals surface area contributed by atoms with E-state index < -0.39 is 11.5 Å². The first-order valence-electron chi connectivity index (χ1n) is 8.08. The van der Waals surface area contributed by atoms with Gasteiger partial charge in [0.1, 0.15) is 5.60 Å². The molecule has 1 amide bonds. The average Bonchev–Trinajstić information content (AvgIpc) is 2.80. The number of hydrogen-bond donors (Lipinski definition) is 1. The summed E-state index contributed by atoms with van der Waals surface area (Å²) in [5, 5.41) is 2.95. The lowest BCUT2D eigenvalue weighted by Gasteiger charge is -2.43. The molecule has 0 unspecified atom stereocenters. The fourth-order valence-electron chi connectivity index (χ4n) is 3.68. The van der Waals surface area contributed by atoms with Crippen LogP contribution >= 0.6 is 0 Å². The van der Waals surface area contributed by atoms with Gasteiger partial charge in [0, 0.05) is 19.4 Å². The molecule has 2 aliphatic heterocycles. The minimum absolute atomic E-state index is 0.114. The van der Waals surface area contributed by atoms with E-state index in [9.17, 15) is 9.59 Å². The van der Waals surface area contributed by atoms with Gasteiger partial charge < -0.3 is 14.8 Å². The first-order chi connectivity index (χ1) is 10.9. The fourth-order valence-corrected chi connectivity index (χ4v) is 3.68. The summed E-state index contributed by atoms with van der Waals surface area (Å²) in [6.07, 6.45) is 1.28. The number of nitrogens with one attached hydrogen (secondary N) is 1. The lowest BCUT2D eigenvalue weighted by atomic mass is 9.75. The van der Waals surface area contributed by atoms with Crippen LogP contribution in [0.1, 0.15) is 38.7 Å². The Morgan fingerprint density at radius 3 is 2.74 bits per heavy atom. The summed E-state index contributed by atoms with van der Waals surface area (Å²) in [4.78, 5) is 24.5. The van der Waals surface area contributed by atoms with E-state index >= 15 is 0 Å². The van der Waals surface area contributed by atoms with Crippen molar-refractivity contribution in [3.63, 3.8) is 0 Å². The standard InChI is InChI=1S/C18H23NO4/c1-17(2)12-18(8-9-22-17)14(10-15(20)23-18)16(21)19-11-13-6-4-3-5-7-13/h3-7,14H,8-12H2,1-2H3,(H,19,21)/t14-,18+/m0/s1. The molecular formula is C18H23NO4.